The monoisotopic (exact) mass is 267 g/mol. The number of aryl methyl sites for hydroxylation is 1. The highest BCUT2D eigenvalue weighted by atomic mass is 32.1. The predicted octanol–water partition coefficient (Wildman–Crippen LogP) is 4.09. The average molecular weight is 267 g/mol. The van der Waals surface area contributed by atoms with Gasteiger partial charge in [-0.2, -0.15) is 0 Å². The molecule has 0 saturated carbocycles. The van der Waals surface area contributed by atoms with Gasteiger partial charge in [-0.3, -0.25) is 9.78 Å². The molecule has 0 N–H and O–H groups in total. The fraction of sp³-hybridized carbons (Fsp3) is 0.125. The molecule has 2 aromatic heterocycles. The van der Waals surface area contributed by atoms with Crippen molar-refractivity contribution in [2.24, 2.45) is 0 Å². The molecular formula is C16H13NOS. The number of hydrogen-bond acceptors (Lipinski definition) is 3. The number of pyridine rings is 1. The Balaban J connectivity index is 2.01. The standard InChI is InChI=1S/C16H13NOS/c1-2-13-6-8-15(19-13)16(18)12-5-7-14-11(10-12)4-3-9-17-14/h3-10H,2H2,1H3. The Morgan fingerprint density at radius 3 is 2.89 bits per heavy atom. The summed E-state index contributed by atoms with van der Waals surface area (Å²) in [6.07, 6.45) is 2.73. The molecule has 0 unspecified atom stereocenters. The number of ketones is 1. The Labute approximate surface area is 115 Å². The van der Waals surface area contributed by atoms with Crippen LogP contribution in [0.25, 0.3) is 10.9 Å². The molecule has 0 spiro atoms. The second kappa shape index (κ2) is 4.94. The van der Waals surface area contributed by atoms with Gasteiger partial charge in [-0.05, 0) is 42.8 Å². The van der Waals surface area contributed by atoms with Crippen LogP contribution in [0.4, 0.5) is 0 Å². The molecule has 0 aliphatic carbocycles. The van der Waals surface area contributed by atoms with Gasteiger partial charge in [0.15, 0.2) is 0 Å². The van der Waals surface area contributed by atoms with Crippen LogP contribution in [0.15, 0.2) is 48.7 Å². The predicted molar refractivity (Wildman–Crippen MR) is 78.9 cm³/mol. The van der Waals surface area contributed by atoms with Crippen LogP contribution in [0.3, 0.4) is 0 Å². The summed E-state index contributed by atoms with van der Waals surface area (Å²) in [6.45, 7) is 2.10. The van der Waals surface area contributed by atoms with Crippen molar-refractivity contribution < 1.29 is 4.79 Å². The van der Waals surface area contributed by atoms with E-state index < -0.39 is 0 Å². The van der Waals surface area contributed by atoms with Crippen LogP contribution in [-0.2, 0) is 6.42 Å². The Morgan fingerprint density at radius 1 is 1.21 bits per heavy atom. The minimum Gasteiger partial charge on any atom is -0.288 e. The van der Waals surface area contributed by atoms with Crippen molar-refractivity contribution >= 4 is 28.0 Å². The van der Waals surface area contributed by atoms with Crippen LogP contribution in [0.1, 0.15) is 27.0 Å². The first-order chi connectivity index (χ1) is 9.28. The van der Waals surface area contributed by atoms with Gasteiger partial charge in [-0.15, -0.1) is 11.3 Å². The summed E-state index contributed by atoms with van der Waals surface area (Å²) in [5.41, 5.74) is 1.64. The van der Waals surface area contributed by atoms with Gasteiger partial charge < -0.3 is 0 Å². The molecule has 0 aliphatic heterocycles. The number of nitrogens with zero attached hydrogens (tertiary/aromatic N) is 1. The van der Waals surface area contributed by atoms with E-state index in [1.807, 2.05) is 42.5 Å². The number of aromatic nitrogens is 1. The van der Waals surface area contributed by atoms with Crippen LogP contribution >= 0.6 is 11.3 Å². The van der Waals surface area contributed by atoms with E-state index in [9.17, 15) is 4.79 Å². The number of carbonyl (C=O) groups excluding carboxylic acids is 1. The highest BCUT2D eigenvalue weighted by Gasteiger charge is 2.12. The van der Waals surface area contributed by atoms with E-state index in [1.165, 1.54) is 4.88 Å². The third-order valence-corrected chi connectivity index (χ3v) is 4.33. The van der Waals surface area contributed by atoms with Gasteiger partial charge in [0.1, 0.15) is 0 Å². The largest absolute Gasteiger partial charge is 0.288 e. The van der Waals surface area contributed by atoms with E-state index in [1.54, 1.807) is 17.5 Å². The van der Waals surface area contributed by atoms with Gasteiger partial charge in [0, 0.05) is 22.0 Å². The van der Waals surface area contributed by atoms with Crippen molar-refractivity contribution in [1.82, 2.24) is 4.98 Å². The molecule has 3 rings (SSSR count). The smallest absolute Gasteiger partial charge is 0.202 e. The second-order valence-electron chi connectivity index (χ2n) is 4.36. The number of thiophene rings is 1. The topological polar surface area (TPSA) is 30.0 Å². The Morgan fingerprint density at radius 2 is 2.11 bits per heavy atom. The Bertz CT molecular complexity index is 745. The Kier molecular flexibility index (Phi) is 3.13. The molecular weight excluding hydrogens is 254 g/mol. The summed E-state index contributed by atoms with van der Waals surface area (Å²) in [4.78, 5) is 18.7. The van der Waals surface area contributed by atoms with E-state index in [0.717, 1.165) is 27.8 Å². The molecule has 19 heavy (non-hydrogen) atoms. The van der Waals surface area contributed by atoms with Crippen molar-refractivity contribution in [2.45, 2.75) is 13.3 Å². The van der Waals surface area contributed by atoms with E-state index in [0.29, 0.717) is 0 Å². The van der Waals surface area contributed by atoms with E-state index >= 15 is 0 Å². The van der Waals surface area contributed by atoms with Crippen LogP contribution in [0, 0.1) is 0 Å². The van der Waals surface area contributed by atoms with E-state index in [4.69, 9.17) is 0 Å². The molecule has 2 heterocycles. The lowest BCUT2D eigenvalue weighted by molar-refractivity contribution is 0.104. The first kappa shape index (κ1) is 12.1. The zero-order valence-corrected chi connectivity index (χ0v) is 11.4. The van der Waals surface area contributed by atoms with Crippen LogP contribution in [0.5, 0.6) is 0 Å². The minimum absolute atomic E-state index is 0.0930. The summed E-state index contributed by atoms with van der Waals surface area (Å²) < 4.78 is 0. The molecule has 0 fully saturated rings. The van der Waals surface area contributed by atoms with E-state index in [2.05, 4.69) is 11.9 Å². The first-order valence-corrected chi connectivity index (χ1v) is 7.08. The zero-order chi connectivity index (χ0) is 13.2. The van der Waals surface area contributed by atoms with Crippen molar-refractivity contribution in [3.05, 3.63) is 64.0 Å². The summed E-state index contributed by atoms with van der Waals surface area (Å²) >= 11 is 1.58. The normalized spacial score (nSPS) is 10.8. The molecule has 0 atom stereocenters. The summed E-state index contributed by atoms with van der Waals surface area (Å²) in [5, 5.41) is 1.00. The number of hydrogen-bond donors (Lipinski definition) is 0. The highest BCUT2D eigenvalue weighted by molar-refractivity contribution is 7.14. The maximum atomic E-state index is 12.4. The second-order valence-corrected chi connectivity index (χ2v) is 5.53. The maximum absolute atomic E-state index is 12.4. The lowest BCUT2D eigenvalue weighted by atomic mass is 10.1. The number of fused-ring (bicyclic) bond motifs is 1. The van der Waals surface area contributed by atoms with E-state index in [-0.39, 0.29) is 5.78 Å². The van der Waals surface area contributed by atoms with Gasteiger partial charge in [-0.1, -0.05) is 13.0 Å². The van der Waals surface area contributed by atoms with Gasteiger partial charge >= 0.3 is 0 Å². The molecule has 0 aliphatic rings. The fourth-order valence-corrected chi connectivity index (χ4v) is 2.96. The van der Waals surface area contributed by atoms with Gasteiger partial charge in [-0.25, -0.2) is 0 Å². The van der Waals surface area contributed by atoms with Gasteiger partial charge in [0.05, 0.1) is 10.4 Å². The average Bonchev–Trinajstić information content (AvgIpc) is 2.95. The minimum atomic E-state index is 0.0930. The molecule has 0 bridgehead atoms. The zero-order valence-electron chi connectivity index (χ0n) is 10.6. The molecule has 0 radical (unpaired) electrons. The molecule has 3 heteroatoms. The third-order valence-electron chi connectivity index (χ3n) is 3.10. The molecule has 3 aromatic rings. The molecule has 0 saturated heterocycles. The summed E-state index contributed by atoms with van der Waals surface area (Å²) in [6, 6.07) is 13.5. The van der Waals surface area contributed by atoms with Crippen molar-refractivity contribution in [2.75, 3.05) is 0 Å². The van der Waals surface area contributed by atoms with Crippen molar-refractivity contribution in [3.8, 4) is 0 Å². The number of carbonyl (C=O) groups is 1. The van der Waals surface area contributed by atoms with Gasteiger partial charge in [0.2, 0.25) is 5.78 Å². The van der Waals surface area contributed by atoms with Crippen LogP contribution in [-0.4, -0.2) is 10.8 Å². The van der Waals surface area contributed by atoms with Crippen molar-refractivity contribution in [3.63, 3.8) is 0 Å². The highest BCUT2D eigenvalue weighted by Crippen LogP contribution is 2.22. The molecule has 0 amide bonds. The Hall–Kier alpha value is -2.00. The molecule has 1 aromatic carbocycles. The van der Waals surface area contributed by atoms with Gasteiger partial charge in [0.25, 0.3) is 0 Å². The summed E-state index contributed by atoms with van der Waals surface area (Å²) in [5.74, 6) is 0.0930. The lowest BCUT2D eigenvalue weighted by Gasteiger charge is -2.01. The first-order valence-electron chi connectivity index (χ1n) is 6.26. The lowest BCUT2D eigenvalue weighted by Crippen LogP contribution is -1.98. The quantitative estimate of drug-likeness (QED) is 0.669. The van der Waals surface area contributed by atoms with Crippen LogP contribution in [0.2, 0.25) is 0 Å². The number of benzene rings is 1. The number of rotatable bonds is 3. The van der Waals surface area contributed by atoms with Crippen molar-refractivity contribution in [1.29, 1.82) is 0 Å². The fourth-order valence-electron chi connectivity index (χ4n) is 2.05. The SMILES string of the molecule is CCc1ccc(C(=O)c2ccc3ncccc3c2)s1. The third kappa shape index (κ3) is 2.29. The molecule has 2 nitrogen and oxygen atoms in total. The maximum Gasteiger partial charge on any atom is 0.202 e. The summed E-state index contributed by atoms with van der Waals surface area (Å²) in [7, 11) is 0. The molecule has 94 valence electrons. The van der Waals surface area contributed by atoms with Crippen LogP contribution < -0.4 is 0 Å².